The first-order valence-corrected chi connectivity index (χ1v) is 7.72. The summed E-state index contributed by atoms with van der Waals surface area (Å²) in [7, 11) is -3.61. The summed E-state index contributed by atoms with van der Waals surface area (Å²) in [6.45, 7) is 3.14. The molecule has 0 saturated carbocycles. The number of nitrogens with one attached hydrogen (secondary N) is 1. The van der Waals surface area contributed by atoms with Crippen molar-refractivity contribution in [1.29, 1.82) is 0 Å². The van der Waals surface area contributed by atoms with Crippen LogP contribution in [0.25, 0.3) is 0 Å². The number of hydrogen-bond donors (Lipinski definition) is 2. The second kappa shape index (κ2) is 5.81. The van der Waals surface area contributed by atoms with Crippen LogP contribution in [-0.4, -0.2) is 53.5 Å². The van der Waals surface area contributed by atoms with Gasteiger partial charge < -0.3 is 10.4 Å². The smallest absolute Gasteiger partial charge is 0.246 e. The van der Waals surface area contributed by atoms with E-state index in [2.05, 4.69) is 15.3 Å². The zero-order chi connectivity index (χ0) is 13.9. The summed E-state index contributed by atoms with van der Waals surface area (Å²) in [5, 5.41) is 12.5. The van der Waals surface area contributed by atoms with Crippen LogP contribution in [0.15, 0.2) is 17.3 Å². The first-order chi connectivity index (χ1) is 9.04. The molecular formula is C11H18N4O3S. The van der Waals surface area contributed by atoms with E-state index >= 15 is 0 Å². The molecule has 2 rings (SSSR count). The van der Waals surface area contributed by atoms with Crippen molar-refractivity contribution >= 4 is 16.0 Å². The largest absolute Gasteiger partial charge is 0.392 e. The summed E-state index contributed by atoms with van der Waals surface area (Å²) < 4.78 is 25.9. The SMILES string of the molecule is CCNc1ncc(S(=O)(=O)N2CCCC(O)C2)cn1. The first kappa shape index (κ1) is 14.2. The minimum absolute atomic E-state index is 0.0586. The van der Waals surface area contributed by atoms with Crippen LogP contribution in [0.4, 0.5) is 5.95 Å². The molecule has 0 bridgehead atoms. The van der Waals surface area contributed by atoms with E-state index in [4.69, 9.17) is 0 Å². The minimum Gasteiger partial charge on any atom is -0.392 e. The third kappa shape index (κ3) is 3.20. The Balaban J connectivity index is 2.18. The van der Waals surface area contributed by atoms with Gasteiger partial charge in [0.1, 0.15) is 4.90 Å². The number of rotatable bonds is 4. The molecule has 2 N–H and O–H groups in total. The Morgan fingerprint density at radius 1 is 1.47 bits per heavy atom. The highest BCUT2D eigenvalue weighted by molar-refractivity contribution is 7.89. The van der Waals surface area contributed by atoms with Crippen molar-refractivity contribution in [2.75, 3.05) is 25.0 Å². The number of β-amino-alcohol motifs (C(OH)–C–C–N with tert-alkyl or cyclic N) is 1. The van der Waals surface area contributed by atoms with E-state index in [0.29, 0.717) is 31.9 Å². The van der Waals surface area contributed by atoms with Crippen LogP contribution in [0.3, 0.4) is 0 Å². The maximum Gasteiger partial charge on any atom is 0.246 e. The standard InChI is InChI=1S/C11H18N4O3S/c1-2-12-11-13-6-10(7-14-11)19(17,18)15-5-3-4-9(16)8-15/h6-7,9,16H,2-5,8H2,1H3,(H,12,13,14). The van der Waals surface area contributed by atoms with Crippen LogP contribution in [0.2, 0.25) is 0 Å². The van der Waals surface area contributed by atoms with Gasteiger partial charge in [0.2, 0.25) is 16.0 Å². The molecule has 0 aromatic carbocycles. The highest BCUT2D eigenvalue weighted by Gasteiger charge is 2.29. The summed E-state index contributed by atoms with van der Waals surface area (Å²) in [5.74, 6) is 0.403. The molecular weight excluding hydrogens is 268 g/mol. The van der Waals surface area contributed by atoms with Crippen LogP contribution >= 0.6 is 0 Å². The molecule has 8 heteroatoms. The number of aliphatic hydroxyl groups excluding tert-OH is 1. The van der Waals surface area contributed by atoms with Crippen molar-refractivity contribution in [3.63, 3.8) is 0 Å². The number of aliphatic hydroxyl groups is 1. The minimum atomic E-state index is -3.61. The number of aromatic nitrogens is 2. The van der Waals surface area contributed by atoms with Crippen LogP contribution in [-0.2, 0) is 10.0 Å². The molecule has 0 spiro atoms. The average molecular weight is 286 g/mol. The number of hydrogen-bond acceptors (Lipinski definition) is 6. The molecule has 1 unspecified atom stereocenters. The van der Waals surface area contributed by atoms with E-state index in [1.807, 2.05) is 6.92 Å². The number of anilines is 1. The van der Waals surface area contributed by atoms with Gasteiger partial charge >= 0.3 is 0 Å². The molecule has 1 aliphatic rings. The Hall–Kier alpha value is -1.25. The van der Waals surface area contributed by atoms with Crippen molar-refractivity contribution in [2.45, 2.75) is 30.8 Å². The van der Waals surface area contributed by atoms with Crippen molar-refractivity contribution in [3.05, 3.63) is 12.4 Å². The van der Waals surface area contributed by atoms with Gasteiger partial charge in [-0.25, -0.2) is 18.4 Å². The van der Waals surface area contributed by atoms with Crippen LogP contribution in [0.1, 0.15) is 19.8 Å². The van der Waals surface area contributed by atoms with Gasteiger partial charge in [0.25, 0.3) is 0 Å². The third-order valence-electron chi connectivity index (χ3n) is 2.96. The quantitative estimate of drug-likeness (QED) is 0.812. The zero-order valence-electron chi connectivity index (χ0n) is 10.8. The van der Waals surface area contributed by atoms with E-state index in [9.17, 15) is 13.5 Å². The van der Waals surface area contributed by atoms with Gasteiger partial charge in [-0.2, -0.15) is 4.31 Å². The summed E-state index contributed by atoms with van der Waals surface area (Å²) in [6, 6.07) is 0. The highest BCUT2D eigenvalue weighted by atomic mass is 32.2. The van der Waals surface area contributed by atoms with Gasteiger partial charge in [-0.05, 0) is 19.8 Å². The van der Waals surface area contributed by atoms with Gasteiger partial charge in [-0.3, -0.25) is 0 Å². The summed E-state index contributed by atoms with van der Waals surface area (Å²) in [4.78, 5) is 7.97. The Morgan fingerprint density at radius 3 is 2.74 bits per heavy atom. The Morgan fingerprint density at radius 2 is 2.16 bits per heavy atom. The predicted molar refractivity (Wildman–Crippen MR) is 70.2 cm³/mol. The molecule has 106 valence electrons. The van der Waals surface area contributed by atoms with E-state index in [1.165, 1.54) is 16.7 Å². The third-order valence-corrected chi connectivity index (χ3v) is 4.78. The highest BCUT2D eigenvalue weighted by Crippen LogP contribution is 2.19. The molecule has 1 atom stereocenters. The first-order valence-electron chi connectivity index (χ1n) is 6.28. The van der Waals surface area contributed by atoms with Crippen molar-refractivity contribution in [2.24, 2.45) is 0 Å². The molecule has 1 saturated heterocycles. The van der Waals surface area contributed by atoms with Gasteiger partial charge in [0.15, 0.2) is 0 Å². The maximum atomic E-state index is 12.3. The lowest BCUT2D eigenvalue weighted by molar-refractivity contribution is 0.108. The van der Waals surface area contributed by atoms with E-state index in [0.717, 1.165) is 0 Å². The van der Waals surface area contributed by atoms with Gasteiger partial charge in [0, 0.05) is 19.6 Å². The lowest BCUT2D eigenvalue weighted by Gasteiger charge is -2.28. The number of nitrogens with zero attached hydrogens (tertiary/aromatic N) is 3. The molecule has 19 heavy (non-hydrogen) atoms. The molecule has 1 aromatic heterocycles. The average Bonchev–Trinajstić information content (AvgIpc) is 2.40. The zero-order valence-corrected chi connectivity index (χ0v) is 11.6. The lowest BCUT2D eigenvalue weighted by atomic mass is 10.1. The summed E-state index contributed by atoms with van der Waals surface area (Å²) in [5.41, 5.74) is 0. The number of piperidine rings is 1. The molecule has 0 radical (unpaired) electrons. The fraction of sp³-hybridized carbons (Fsp3) is 0.636. The Bertz CT molecular complexity index is 517. The van der Waals surface area contributed by atoms with Crippen molar-refractivity contribution < 1.29 is 13.5 Å². The van der Waals surface area contributed by atoms with Crippen LogP contribution < -0.4 is 5.32 Å². The van der Waals surface area contributed by atoms with E-state index in [1.54, 1.807) is 0 Å². The van der Waals surface area contributed by atoms with Crippen LogP contribution in [0.5, 0.6) is 0 Å². The second-order valence-electron chi connectivity index (χ2n) is 4.43. The van der Waals surface area contributed by atoms with Crippen molar-refractivity contribution in [1.82, 2.24) is 14.3 Å². The monoisotopic (exact) mass is 286 g/mol. The Kier molecular flexibility index (Phi) is 4.33. The molecule has 1 fully saturated rings. The Labute approximate surface area is 112 Å². The van der Waals surface area contributed by atoms with Gasteiger partial charge in [-0.15, -0.1) is 0 Å². The lowest BCUT2D eigenvalue weighted by Crippen LogP contribution is -2.42. The van der Waals surface area contributed by atoms with Crippen molar-refractivity contribution in [3.8, 4) is 0 Å². The molecule has 7 nitrogen and oxygen atoms in total. The number of sulfonamides is 1. The normalized spacial score (nSPS) is 21.3. The molecule has 0 amide bonds. The fourth-order valence-electron chi connectivity index (χ4n) is 1.99. The fourth-order valence-corrected chi connectivity index (χ4v) is 3.39. The van der Waals surface area contributed by atoms with Gasteiger partial charge in [-0.1, -0.05) is 0 Å². The molecule has 0 aliphatic carbocycles. The maximum absolute atomic E-state index is 12.3. The summed E-state index contributed by atoms with van der Waals surface area (Å²) >= 11 is 0. The van der Waals surface area contributed by atoms with Gasteiger partial charge in [0.05, 0.1) is 18.5 Å². The molecule has 1 aliphatic heterocycles. The molecule has 2 heterocycles. The second-order valence-corrected chi connectivity index (χ2v) is 6.37. The predicted octanol–water partition coefficient (Wildman–Crippen LogP) is 0.0538. The topological polar surface area (TPSA) is 95.4 Å². The molecule has 1 aromatic rings. The summed E-state index contributed by atoms with van der Waals surface area (Å²) in [6.07, 6.45) is 3.30. The van der Waals surface area contributed by atoms with Crippen LogP contribution in [0, 0.1) is 0 Å². The van der Waals surface area contributed by atoms with E-state index in [-0.39, 0.29) is 11.4 Å². The van der Waals surface area contributed by atoms with E-state index < -0.39 is 16.1 Å².